The van der Waals surface area contributed by atoms with Gasteiger partial charge in [0, 0.05) is 24.9 Å². The fourth-order valence-electron chi connectivity index (χ4n) is 3.77. The molecule has 1 amide bonds. The number of benzene rings is 1. The summed E-state index contributed by atoms with van der Waals surface area (Å²) in [6.07, 6.45) is 7.33. The molecule has 2 fully saturated rings. The van der Waals surface area contributed by atoms with Gasteiger partial charge in [0.25, 0.3) is 5.91 Å². The lowest BCUT2D eigenvalue weighted by Gasteiger charge is -2.28. The van der Waals surface area contributed by atoms with Crippen molar-refractivity contribution in [2.75, 3.05) is 19.8 Å². The number of ether oxygens (including phenoxy) is 2. The lowest BCUT2D eigenvalue weighted by Crippen LogP contribution is -2.35. The lowest BCUT2D eigenvalue weighted by molar-refractivity contribution is 0.0255. The van der Waals surface area contributed by atoms with Crippen LogP contribution in [0.3, 0.4) is 0 Å². The number of carbonyl (C=O) groups is 1. The van der Waals surface area contributed by atoms with E-state index in [-0.39, 0.29) is 18.1 Å². The minimum atomic E-state index is -0.128. The molecule has 4 rings (SSSR count). The molecule has 7 heteroatoms. The van der Waals surface area contributed by atoms with Crippen molar-refractivity contribution in [2.45, 2.75) is 50.7 Å². The number of likely N-dealkylation sites (tertiary alicyclic amines) is 1. The van der Waals surface area contributed by atoms with Crippen LogP contribution in [-0.4, -0.2) is 46.8 Å². The predicted molar refractivity (Wildman–Crippen MR) is 97.5 cm³/mol. The zero-order valence-corrected chi connectivity index (χ0v) is 15.4. The van der Waals surface area contributed by atoms with Crippen LogP contribution in [0, 0.1) is 0 Å². The highest BCUT2D eigenvalue weighted by Gasteiger charge is 2.30. The summed E-state index contributed by atoms with van der Waals surface area (Å²) in [6.45, 7) is 2.19. The number of hydrogen-bond acceptors (Lipinski definition) is 6. The molecule has 0 N–H and O–H groups in total. The molecule has 3 heterocycles. The van der Waals surface area contributed by atoms with E-state index in [1.165, 1.54) is 6.39 Å². The molecule has 2 aromatic rings. The third kappa shape index (κ3) is 4.30. The predicted octanol–water partition coefficient (Wildman–Crippen LogP) is 3.38. The van der Waals surface area contributed by atoms with Crippen LogP contribution in [0.1, 0.15) is 60.7 Å². The van der Waals surface area contributed by atoms with Gasteiger partial charge in [-0.25, -0.2) is 0 Å². The van der Waals surface area contributed by atoms with Crippen molar-refractivity contribution in [3.05, 3.63) is 42.0 Å². The Morgan fingerprint density at radius 1 is 1.07 bits per heavy atom. The Bertz CT molecular complexity index is 726. The van der Waals surface area contributed by atoms with Crippen molar-refractivity contribution < 1.29 is 18.8 Å². The van der Waals surface area contributed by atoms with E-state index in [2.05, 4.69) is 10.1 Å². The molecule has 144 valence electrons. The first-order valence-corrected chi connectivity index (χ1v) is 9.73. The van der Waals surface area contributed by atoms with E-state index < -0.39 is 0 Å². The summed E-state index contributed by atoms with van der Waals surface area (Å²) in [5, 5.41) is 3.98. The largest absolute Gasteiger partial charge is 0.490 e. The van der Waals surface area contributed by atoms with Crippen molar-refractivity contribution in [1.82, 2.24) is 15.0 Å². The first kappa shape index (κ1) is 18.0. The van der Waals surface area contributed by atoms with Gasteiger partial charge >= 0.3 is 0 Å². The average molecular weight is 371 g/mol. The van der Waals surface area contributed by atoms with Gasteiger partial charge in [-0.2, -0.15) is 4.98 Å². The van der Waals surface area contributed by atoms with Crippen LogP contribution in [0.25, 0.3) is 0 Å². The lowest BCUT2D eigenvalue weighted by atomic mass is 10.1. The van der Waals surface area contributed by atoms with E-state index in [0.29, 0.717) is 17.9 Å². The van der Waals surface area contributed by atoms with Crippen LogP contribution in [0.15, 0.2) is 35.2 Å². The molecule has 2 aliphatic heterocycles. The van der Waals surface area contributed by atoms with Crippen molar-refractivity contribution in [1.29, 1.82) is 0 Å². The molecular formula is C20H25N3O4. The third-order valence-electron chi connectivity index (χ3n) is 5.26. The van der Waals surface area contributed by atoms with Gasteiger partial charge < -0.3 is 18.9 Å². The van der Waals surface area contributed by atoms with Crippen molar-refractivity contribution >= 4 is 5.91 Å². The summed E-state index contributed by atoms with van der Waals surface area (Å²) in [5.74, 6) is 1.39. The highest BCUT2D eigenvalue weighted by molar-refractivity contribution is 5.94. The van der Waals surface area contributed by atoms with Crippen LogP contribution in [-0.2, 0) is 4.74 Å². The number of hydrogen-bond donors (Lipinski definition) is 0. The highest BCUT2D eigenvalue weighted by atomic mass is 16.5. The topological polar surface area (TPSA) is 77.7 Å². The summed E-state index contributed by atoms with van der Waals surface area (Å²) in [6, 6.07) is 7.31. The number of aromatic nitrogens is 2. The normalized spacial score (nSPS) is 21.6. The summed E-state index contributed by atoms with van der Waals surface area (Å²) in [5.41, 5.74) is 0.657. The van der Waals surface area contributed by atoms with Gasteiger partial charge in [0.2, 0.25) is 6.39 Å². The van der Waals surface area contributed by atoms with Crippen LogP contribution in [0.2, 0.25) is 0 Å². The minimum absolute atomic E-state index is 0.00400. The van der Waals surface area contributed by atoms with E-state index in [1.807, 2.05) is 29.2 Å². The number of nitrogens with zero attached hydrogens (tertiary/aromatic N) is 3. The minimum Gasteiger partial charge on any atom is -0.490 e. The standard InChI is InChI=1S/C20H25N3O4/c24-20(23-11-3-1-2-4-18(23)19-21-14-26-22-19)15-5-7-16(8-6-15)27-17-9-12-25-13-10-17/h5-8,14,17-18H,1-4,9-13H2. The Morgan fingerprint density at radius 3 is 2.63 bits per heavy atom. The van der Waals surface area contributed by atoms with E-state index in [9.17, 15) is 4.79 Å². The second kappa shape index (κ2) is 8.52. The van der Waals surface area contributed by atoms with E-state index >= 15 is 0 Å². The highest BCUT2D eigenvalue weighted by Crippen LogP contribution is 2.30. The average Bonchev–Trinajstić information content (AvgIpc) is 3.13. The van der Waals surface area contributed by atoms with Crippen molar-refractivity contribution in [3.8, 4) is 5.75 Å². The molecule has 2 aliphatic rings. The molecule has 0 spiro atoms. The molecule has 0 aliphatic carbocycles. The SMILES string of the molecule is O=C(c1ccc(OC2CCOCC2)cc1)N1CCCCCC1c1ncon1. The Labute approximate surface area is 158 Å². The molecule has 0 radical (unpaired) electrons. The number of rotatable bonds is 4. The molecule has 2 saturated heterocycles. The van der Waals surface area contributed by atoms with E-state index in [0.717, 1.165) is 57.5 Å². The van der Waals surface area contributed by atoms with Gasteiger partial charge in [0.15, 0.2) is 5.82 Å². The maximum atomic E-state index is 13.1. The third-order valence-corrected chi connectivity index (χ3v) is 5.26. The molecule has 0 saturated carbocycles. The molecule has 1 aromatic heterocycles. The molecular weight excluding hydrogens is 346 g/mol. The van der Waals surface area contributed by atoms with Crippen LogP contribution >= 0.6 is 0 Å². The van der Waals surface area contributed by atoms with Gasteiger partial charge in [-0.15, -0.1) is 0 Å². The molecule has 7 nitrogen and oxygen atoms in total. The number of amides is 1. The summed E-state index contributed by atoms with van der Waals surface area (Å²) < 4.78 is 16.3. The van der Waals surface area contributed by atoms with Crippen LogP contribution in [0.5, 0.6) is 5.75 Å². The summed E-state index contributed by atoms with van der Waals surface area (Å²) in [7, 11) is 0. The second-order valence-electron chi connectivity index (χ2n) is 7.11. The molecule has 27 heavy (non-hydrogen) atoms. The summed E-state index contributed by atoms with van der Waals surface area (Å²) in [4.78, 5) is 19.2. The number of carbonyl (C=O) groups excluding carboxylic acids is 1. The van der Waals surface area contributed by atoms with Gasteiger partial charge in [0.1, 0.15) is 11.9 Å². The molecule has 1 atom stereocenters. The van der Waals surface area contributed by atoms with Crippen molar-refractivity contribution in [3.63, 3.8) is 0 Å². The quantitative estimate of drug-likeness (QED) is 0.820. The molecule has 1 unspecified atom stereocenters. The van der Waals surface area contributed by atoms with Gasteiger partial charge in [-0.05, 0) is 37.1 Å². The zero-order chi connectivity index (χ0) is 18.5. The second-order valence-corrected chi connectivity index (χ2v) is 7.11. The Balaban J connectivity index is 1.47. The monoisotopic (exact) mass is 371 g/mol. The van der Waals surface area contributed by atoms with Crippen molar-refractivity contribution in [2.24, 2.45) is 0 Å². The molecule has 1 aromatic carbocycles. The van der Waals surface area contributed by atoms with E-state index in [4.69, 9.17) is 14.0 Å². The fraction of sp³-hybridized carbons (Fsp3) is 0.550. The van der Waals surface area contributed by atoms with E-state index in [1.54, 1.807) is 0 Å². The van der Waals surface area contributed by atoms with Gasteiger partial charge in [0.05, 0.1) is 19.3 Å². The fourth-order valence-corrected chi connectivity index (χ4v) is 3.77. The van der Waals surface area contributed by atoms with Crippen LogP contribution in [0.4, 0.5) is 0 Å². The zero-order valence-electron chi connectivity index (χ0n) is 15.4. The van der Waals surface area contributed by atoms with Gasteiger partial charge in [-0.1, -0.05) is 18.0 Å². The summed E-state index contributed by atoms with van der Waals surface area (Å²) >= 11 is 0. The first-order valence-electron chi connectivity index (χ1n) is 9.73. The Morgan fingerprint density at radius 2 is 1.89 bits per heavy atom. The van der Waals surface area contributed by atoms with Crippen LogP contribution < -0.4 is 4.74 Å². The first-order chi connectivity index (χ1) is 13.3. The maximum absolute atomic E-state index is 13.1. The smallest absolute Gasteiger partial charge is 0.254 e. The van der Waals surface area contributed by atoms with Gasteiger partial charge in [-0.3, -0.25) is 4.79 Å². The maximum Gasteiger partial charge on any atom is 0.254 e. The molecule has 0 bridgehead atoms. The Hall–Kier alpha value is -2.41. The Kier molecular flexibility index (Phi) is 5.67.